The minimum Gasteiger partial charge on any atom is -0.158 e. The van der Waals surface area contributed by atoms with Gasteiger partial charge in [-0.05, 0) is 5.25 Å². The Morgan fingerprint density at radius 3 is 2.29 bits per heavy atom. The first-order chi connectivity index (χ1) is 3.27. The van der Waals surface area contributed by atoms with Gasteiger partial charge >= 0.3 is 0 Å². The average Bonchev–Trinajstić information content (AvgIpc) is 1.61. The predicted molar refractivity (Wildman–Crippen MR) is 40.1 cm³/mol. The molecule has 43 valence electrons. The summed E-state index contributed by atoms with van der Waals surface area (Å²) in [5, 5.41) is 0.753. The van der Waals surface area contributed by atoms with Gasteiger partial charge in [-0.2, -0.15) is 11.8 Å². The molecule has 0 aliphatic carbocycles. The molecule has 0 aliphatic rings. The lowest BCUT2D eigenvalue weighted by Gasteiger charge is -1.98. The van der Waals surface area contributed by atoms with Crippen LogP contribution in [0.2, 0.25) is 0 Å². The summed E-state index contributed by atoms with van der Waals surface area (Å²) >= 11 is 6.68. The average molecular weight is 135 g/mol. The first-order valence-electron chi connectivity index (χ1n) is 2.47. The van der Waals surface area contributed by atoms with Crippen molar-refractivity contribution < 1.29 is 0 Å². The fourth-order valence-electron chi connectivity index (χ4n) is 0.284. The highest BCUT2D eigenvalue weighted by Crippen LogP contribution is 2.07. The number of hydrogen-bond donors (Lipinski definition) is 0. The maximum atomic E-state index is 4.75. The second-order valence-corrected chi connectivity index (χ2v) is 3.72. The molecular weight excluding hydrogens is 124 g/mol. The Labute approximate surface area is 55.5 Å². The molecular formula is C5H11S2. The van der Waals surface area contributed by atoms with Crippen molar-refractivity contribution in [1.29, 1.82) is 0 Å². The lowest BCUT2D eigenvalue weighted by Crippen LogP contribution is -1.89. The van der Waals surface area contributed by atoms with Gasteiger partial charge in [-0.25, -0.2) is 0 Å². The van der Waals surface area contributed by atoms with Gasteiger partial charge in [-0.15, -0.1) is 0 Å². The van der Waals surface area contributed by atoms with Gasteiger partial charge in [0, 0.05) is 11.5 Å². The van der Waals surface area contributed by atoms with E-state index in [2.05, 4.69) is 13.8 Å². The van der Waals surface area contributed by atoms with Crippen molar-refractivity contribution in [3.63, 3.8) is 0 Å². The molecule has 0 unspecified atom stereocenters. The largest absolute Gasteiger partial charge is 0.158 e. The molecule has 1 radical (unpaired) electrons. The molecule has 0 heterocycles. The summed E-state index contributed by atoms with van der Waals surface area (Å²) in [6.07, 6.45) is 0. The summed E-state index contributed by atoms with van der Waals surface area (Å²) in [4.78, 5) is 0. The highest BCUT2D eigenvalue weighted by atomic mass is 32.2. The molecule has 0 aromatic heterocycles. The summed E-state index contributed by atoms with van der Waals surface area (Å²) in [6.45, 7) is 4.38. The van der Waals surface area contributed by atoms with Gasteiger partial charge < -0.3 is 0 Å². The predicted octanol–water partition coefficient (Wildman–Crippen LogP) is 2.33. The van der Waals surface area contributed by atoms with Crippen LogP contribution in [0.4, 0.5) is 0 Å². The maximum absolute atomic E-state index is 4.75. The van der Waals surface area contributed by atoms with Gasteiger partial charge in [0.2, 0.25) is 0 Å². The molecule has 0 spiro atoms. The normalized spacial score (nSPS) is 10.3. The van der Waals surface area contributed by atoms with Crippen LogP contribution in [0.15, 0.2) is 0 Å². The molecule has 0 fully saturated rings. The van der Waals surface area contributed by atoms with E-state index in [9.17, 15) is 0 Å². The summed E-state index contributed by atoms with van der Waals surface area (Å²) in [6, 6.07) is 0. The SMILES string of the molecule is CC(C)SCC[S]. The van der Waals surface area contributed by atoms with Crippen LogP contribution in [0.1, 0.15) is 13.8 Å². The van der Waals surface area contributed by atoms with E-state index in [1.54, 1.807) is 0 Å². The Kier molecular flexibility index (Phi) is 5.33. The first-order valence-corrected chi connectivity index (χ1v) is 4.09. The van der Waals surface area contributed by atoms with E-state index < -0.39 is 0 Å². The van der Waals surface area contributed by atoms with Crippen molar-refractivity contribution >= 4 is 24.4 Å². The van der Waals surface area contributed by atoms with Crippen LogP contribution in [0.3, 0.4) is 0 Å². The minimum absolute atomic E-state index is 0.753. The number of thioether (sulfide) groups is 1. The van der Waals surface area contributed by atoms with Crippen molar-refractivity contribution in [1.82, 2.24) is 0 Å². The van der Waals surface area contributed by atoms with Crippen molar-refractivity contribution in [2.24, 2.45) is 0 Å². The molecule has 0 aliphatic heterocycles. The molecule has 0 saturated heterocycles. The summed E-state index contributed by atoms with van der Waals surface area (Å²) < 4.78 is 0. The lowest BCUT2D eigenvalue weighted by atomic mass is 10.6. The zero-order valence-corrected chi connectivity index (χ0v) is 6.44. The van der Waals surface area contributed by atoms with Crippen molar-refractivity contribution in [2.75, 3.05) is 11.5 Å². The highest BCUT2D eigenvalue weighted by molar-refractivity contribution is 8.00. The molecule has 0 atom stereocenters. The summed E-state index contributed by atoms with van der Waals surface area (Å²) in [5.41, 5.74) is 0. The molecule has 0 bridgehead atoms. The smallest absolute Gasteiger partial charge is 0.0128 e. The van der Waals surface area contributed by atoms with Crippen molar-refractivity contribution in [3.8, 4) is 0 Å². The van der Waals surface area contributed by atoms with Crippen LogP contribution in [0, 0.1) is 0 Å². The van der Waals surface area contributed by atoms with E-state index in [1.165, 1.54) is 0 Å². The maximum Gasteiger partial charge on any atom is 0.0128 e. The van der Waals surface area contributed by atoms with Crippen LogP contribution >= 0.6 is 24.4 Å². The second-order valence-electron chi connectivity index (χ2n) is 1.62. The van der Waals surface area contributed by atoms with E-state index in [1.807, 2.05) is 11.8 Å². The lowest BCUT2D eigenvalue weighted by molar-refractivity contribution is 1.11. The van der Waals surface area contributed by atoms with Crippen molar-refractivity contribution in [3.05, 3.63) is 0 Å². The fraction of sp³-hybridized carbons (Fsp3) is 1.00. The third-order valence-corrected chi connectivity index (χ3v) is 2.10. The quantitative estimate of drug-likeness (QED) is 0.572. The number of hydrogen-bond acceptors (Lipinski definition) is 1. The van der Waals surface area contributed by atoms with Gasteiger partial charge in [0.25, 0.3) is 0 Å². The topological polar surface area (TPSA) is 0 Å². The zero-order valence-electron chi connectivity index (χ0n) is 4.81. The third kappa shape index (κ3) is 6.70. The Hall–Kier alpha value is 0.700. The van der Waals surface area contributed by atoms with Crippen LogP contribution in [0.25, 0.3) is 0 Å². The van der Waals surface area contributed by atoms with Gasteiger partial charge in [-0.3, -0.25) is 0 Å². The van der Waals surface area contributed by atoms with Crippen LogP contribution < -0.4 is 0 Å². The minimum atomic E-state index is 0.753. The molecule has 7 heavy (non-hydrogen) atoms. The molecule has 0 rings (SSSR count). The molecule has 0 aromatic carbocycles. The standard InChI is InChI=1S/C5H11S2/c1-5(2)7-4-3-6/h5H,3-4H2,1-2H3. The Balaban J connectivity index is 2.68. The van der Waals surface area contributed by atoms with E-state index in [0.29, 0.717) is 0 Å². The van der Waals surface area contributed by atoms with Gasteiger partial charge in [0.1, 0.15) is 0 Å². The van der Waals surface area contributed by atoms with E-state index in [4.69, 9.17) is 12.6 Å². The summed E-state index contributed by atoms with van der Waals surface area (Å²) in [5.74, 6) is 2.02. The molecule has 0 aromatic rings. The Bertz CT molecular complexity index is 35.1. The number of rotatable bonds is 3. The van der Waals surface area contributed by atoms with Gasteiger partial charge in [0.05, 0.1) is 0 Å². The van der Waals surface area contributed by atoms with E-state index in [-0.39, 0.29) is 0 Å². The van der Waals surface area contributed by atoms with Crippen molar-refractivity contribution in [2.45, 2.75) is 19.1 Å². The van der Waals surface area contributed by atoms with E-state index in [0.717, 1.165) is 16.8 Å². The van der Waals surface area contributed by atoms with Crippen LogP contribution in [-0.4, -0.2) is 16.8 Å². The molecule has 0 N–H and O–H groups in total. The highest BCUT2D eigenvalue weighted by Gasteiger charge is 1.89. The third-order valence-electron chi connectivity index (χ3n) is 0.535. The monoisotopic (exact) mass is 135 g/mol. The fourth-order valence-corrected chi connectivity index (χ4v) is 1.14. The van der Waals surface area contributed by atoms with E-state index >= 15 is 0 Å². The van der Waals surface area contributed by atoms with Crippen LogP contribution in [-0.2, 0) is 0 Å². The van der Waals surface area contributed by atoms with Gasteiger partial charge in [0.15, 0.2) is 0 Å². The summed E-state index contributed by atoms with van der Waals surface area (Å²) in [7, 11) is 0. The first kappa shape index (κ1) is 7.70. The van der Waals surface area contributed by atoms with Crippen LogP contribution in [0.5, 0.6) is 0 Å². The Morgan fingerprint density at radius 1 is 1.57 bits per heavy atom. The molecule has 0 nitrogen and oxygen atoms in total. The molecule has 2 heteroatoms. The molecule has 0 amide bonds. The van der Waals surface area contributed by atoms with Gasteiger partial charge in [-0.1, -0.05) is 26.5 Å². The Morgan fingerprint density at radius 2 is 2.14 bits per heavy atom. The molecule has 0 saturated carbocycles. The second kappa shape index (κ2) is 4.85. The zero-order chi connectivity index (χ0) is 5.70.